The fourth-order valence-corrected chi connectivity index (χ4v) is 4.44. The molecule has 0 unspecified atom stereocenters. The van der Waals surface area contributed by atoms with Crippen LogP contribution in [0.4, 0.5) is 5.69 Å². The van der Waals surface area contributed by atoms with Gasteiger partial charge in [0.25, 0.3) is 5.56 Å². The van der Waals surface area contributed by atoms with E-state index in [4.69, 9.17) is 34.2 Å². The predicted molar refractivity (Wildman–Crippen MR) is 143 cm³/mol. The number of pyridine rings is 1. The maximum absolute atomic E-state index is 14.0. The highest BCUT2D eigenvalue weighted by atomic mass is 16.5. The number of hydrogen-bond donors (Lipinski definition) is 1. The molecule has 10 heteroatoms. The molecule has 0 spiro atoms. The van der Waals surface area contributed by atoms with Gasteiger partial charge in [-0.15, -0.1) is 0 Å². The molecule has 0 radical (unpaired) electrons. The van der Waals surface area contributed by atoms with Crippen molar-refractivity contribution >= 4 is 22.4 Å². The van der Waals surface area contributed by atoms with E-state index in [1.807, 2.05) is 0 Å². The van der Waals surface area contributed by atoms with Gasteiger partial charge in [0.1, 0.15) is 5.69 Å². The third-order valence-corrected chi connectivity index (χ3v) is 6.15. The number of nitrogens with zero attached hydrogens (tertiary/aromatic N) is 1. The number of anilines is 1. The summed E-state index contributed by atoms with van der Waals surface area (Å²) >= 11 is 0. The molecule has 3 aromatic carbocycles. The van der Waals surface area contributed by atoms with E-state index in [1.165, 1.54) is 47.2 Å². The first kappa shape index (κ1) is 26.2. The third-order valence-electron chi connectivity index (χ3n) is 6.15. The summed E-state index contributed by atoms with van der Waals surface area (Å²) in [6.07, 6.45) is 0. The molecule has 38 heavy (non-hydrogen) atoms. The quantitative estimate of drug-likeness (QED) is 0.271. The Morgan fingerprint density at radius 1 is 0.737 bits per heavy atom. The second kappa shape index (κ2) is 10.6. The molecular weight excluding hydrogens is 492 g/mol. The van der Waals surface area contributed by atoms with Gasteiger partial charge in [0.15, 0.2) is 23.0 Å². The van der Waals surface area contributed by atoms with Gasteiger partial charge in [-0.1, -0.05) is 6.07 Å². The van der Waals surface area contributed by atoms with Gasteiger partial charge in [-0.2, -0.15) is 0 Å². The van der Waals surface area contributed by atoms with E-state index >= 15 is 0 Å². The first-order valence-electron chi connectivity index (χ1n) is 11.4. The van der Waals surface area contributed by atoms with E-state index in [1.54, 1.807) is 48.5 Å². The molecule has 4 aromatic rings. The van der Waals surface area contributed by atoms with E-state index in [9.17, 15) is 9.59 Å². The Morgan fingerprint density at radius 3 is 1.82 bits per heavy atom. The first-order valence-corrected chi connectivity index (χ1v) is 11.4. The summed E-state index contributed by atoms with van der Waals surface area (Å²) < 4.78 is 34.1. The van der Waals surface area contributed by atoms with Gasteiger partial charge in [0.2, 0.25) is 5.75 Å². The summed E-state index contributed by atoms with van der Waals surface area (Å²) in [5.74, 6) is 1.04. The van der Waals surface area contributed by atoms with Crippen LogP contribution in [0.1, 0.15) is 10.5 Å². The van der Waals surface area contributed by atoms with Gasteiger partial charge < -0.3 is 34.2 Å². The van der Waals surface area contributed by atoms with Gasteiger partial charge in [-0.3, -0.25) is 9.36 Å². The summed E-state index contributed by atoms with van der Waals surface area (Å²) in [6.45, 7) is 0. The van der Waals surface area contributed by atoms with Crippen LogP contribution >= 0.6 is 0 Å². The lowest BCUT2D eigenvalue weighted by Gasteiger charge is -2.21. The van der Waals surface area contributed by atoms with Crippen LogP contribution in [-0.4, -0.2) is 53.2 Å². The monoisotopic (exact) mass is 520 g/mol. The SMILES string of the molecule is COC(=O)c1c(-c2cc(OC)c(OC)c(OC)c2)c2cc(OC)c(OC)cc2c(=O)n1-c1cccc(N)c1. The van der Waals surface area contributed by atoms with Crippen LogP contribution in [0.2, 0.25) is 0 Å². The van der Waals surface area contributed by atoms with Crippen LogP contribution in [-0.2, 0) is 4.74 Å². The van der Waals surface area contributed by atoms with Gasteiger partial charge in [-0.05, 0) is 48.0 Å². The van der Waals surface area contributed by atoms with Crippen molar-refractivity contribution in [3.8, 4) is 45.6 Å². The number of methoxy groups -OCH3 is 6. The Labute approximate surface area is 219 Å². The molecule has 0 atom stereocenters. The number of hydrogen-bond acceptors (Lipinski definition) is 9. The summed E-state index contributed by atoms with van der Waals surface area (Å²) in [7, 11) is 8.67. The van der Waals surface area contributed by atoms with Crippen molar-refractivity contribution in [1.29, 1.82) is 0 Å². The second-order valence-electron chi connectivity index (χ2n) is 8.12. The lowest BCUT2D eigenvalue weighted by Crippen LogP contribution is -2.27. The van der Waals surface area contributed by atoms with Crippen LogP contribution in [0.25, 0.3) is 27.6 Å². The molecule has 4 rings (SSSR count). The predicted octanol–water partition coefficient (Wildman–Crippen LogP) is 4.07. The molecule has 2 N–H and O–H groups in total. The summed E-state index contributed by atoms with van der Waals surface area (Å²) in [4.78, 5) is 27.5. The number of carbonyl (C=O) groups excluding carboxylic acids is 1. The van der Waals surface area contributed by atoms with E-state index in [0.29, 0.717) is 56.6 Å². The molecule has 198 valence electrons. The number of aromatic nitrogens is 1. The van der Waals surface area contributed by atoms with Crippen molar-refractivity contribution < 1.29 is 33.2 Å². The fraction of sp³-hybridized carbons (Fsp3) is 0.214. The smallest absolute Gasteiger partial charge is 0.355 e. The number of carbonyl (C=O) groups is 1. The average molecular weight is 521 g/mol. The molecule has 0 aliphatic heterocycles. The largest absolute Gasteiger partial charge is 0.493 e. The molecule has 0 fully saturated rings. The highest BCUT2D eigenvalue weighted by Crippen LogP contribution is 2.45. The van der Waals surface area contributed by atoms with Crippen LogP contribution in [0.15, 0.2) is 53.3 Å². The van der Waals surface area contributed by atoms with Gasteiger partial charge >= 0.3 is 5.97 Å². The Balaban J connectivity index is 2.31. The average Bonchev–Trinajstić information content (AvgIpc) is 2.94. The minimum absolute atomic E-state index is 0.0305. The fourth-order valence-electron chi connectivity index (χ4n) is 4.44. The highest BCUT2D eigenvalue weighted by Gasteiger charge is 2.28. The topological polar surface area (TPSA) is 120 Å². The van der Waals surface area contributed by atoms with Crippen LogP contribution in [0, 0.1) is 0 Å². The number of nitrogen functional groups attached to an aromatic ring is 1. The van der Waals surface area contributed by atoms with Crippen LogP contribution < -0.4 is 35.0 Å². The molecular formula is C28H28N2O8. The second-order valence-corrected chi connectivity index (χ2v) is 8.12. The summed E-state index contributed by atoms with van der Waals surface area (Å²) in [5.41, 5.74) is 7.18. The highest BCUT2D eigenvalue weighted by molar-refractivity contribution is 6.08. The van der Waals surface area contributed by atoms with Crippen molar-refractivity contribution in [1.82, 2.24) is 4.57 Å². The third kappa shape index (κ3) is 4.30. The zero-order valence-corrected chi connectivity index (χ0v) is 21.9. The molecule has 1 heterocycles. The van der Waals surface area contributed by atoms with Crippen molar-refractivity contribution in [2.24, 2.45) is 0 Å². The Morgan fingerprint density at radius 2 is 1.32 bits per heavy atom. The number of rotatable bonds is 8. The van der Waals surface area contributed by atoms with Crippen LogP contribution in [0.3, 0.4) is 0 Å². The van der Waals surface area contributed by atoms with Gasteiger partial charge in [0.05, 0.1) is 53.7 Å². The lowest BCUT2D eigenvalue weighted by molar-refractivity contribution is 0.0591. The standard InChI is InChI=1S/C28H28N2O8/c1-33-20-13-18-19(14-21(20)34-2)27(31)30(17-9-7-8-16(29)12-17)25(28(32)38-6)24(18)15-10-22(35-3)26(37-5)23(11-15)36-4/h7-14H,29H2,1-6H3. The molecule has 0 saturated carbocycles. The number of esters is 1. The van der Waals surface area contributed by atoms with E-state index in [-0.39, 0.29) is 11.1 Å². The molecule has 0 aliphatic rings. The van der Waals surface area contributed by atoms with Crippen molar-refractivity contribution in [2.45, 2.75) is 0 Å². The minimum atomic E-state index is -0.745. The van der Waals surface area contributed by atoms with E-state index < -0.39 is 11.5 Å². The molecule has 10 nitrogen and oxygen atoms in total. The Bertz CT molecular complexity index is 1570. The zero-order valence-electron chi connectivity index (χ0n) is 21.9. The first-order chi connectivity index (χ1) is 18.3. The summed E-state index contributed by atoms with van der Waals surface area (Å²) in [5, 5.41) is 0.684. The van der Waals surface area contributed by atoms with Crippen LogP contribution in [0.5, 0.6) is 28.7 Å². The molecule has 0 amide bonds. The molecule has 0 bridgehead atoms. The number of nitrogens with two attached hydrogens (primary N) is 1. The van der Waals surface area contributed by atoms with E-state index in [0.717, 1.165) is 0 Å². The maximum Gasteiger partial charge on any atom is 0.355 e. The molecule has 0 saturated heterocycles. The Hall–Kier alpha value is -4.86. The number of ether oxygens (including phenoxy) is 6. The van der Waals surface area contributed by atoms with Crippen molar-refractivity contribution in [2.75, 3.05) is 48.4 Å². The number of fused-ring (bicyclic) bond motifs is 1. The minimum Gasteiger partial charge on any atom is -0.493 e. The zero-order chi connectivity index (χ0) is 27.6. The normalized spacial score (nSPS) is 10.7. The molecule has 0 aliphatic carbocycles. The van der Waals surface area contributed by atoms with Gasteiger partial charge in [-0.25, -0.2) is 4.79 Å². The molecule has 1 aromatic heterocycles. The lowest BCUT2D eigenvalue weighted by atomic mass is 9.95. The Kier molecular flexibility index (Phi) is 7.33. The van der Waals surface area contributed by atoms with Gasteiger partial charge in [0, 0.05) is 16.6 Å². The maximum atomic E-state index is 14.0. The van der Waals surface area contributed by atoms with Crippen molar-refractivity contribution in [3.05, 3.63) is 64.6 Å². The van der Waals surface area contributed by atoms with Crippen molar-refractivity contribution in [3.63, 3.8) is 0 Å². The van der Waals surface area contributed by atoms with E-state index in [2.05, 4.69) is 0 Å². The number of benzene rings is 3. The summed E-state index contributed by atoms with van der Waals surface area (Å²) in [6, 6.07) is 13.2.